The number of hydrogen-bond donors (Lipinski definition) is 2. The molecule has 2 atom stereocenters. The second-order valence-corrected chi connectivity index (χ2v) is 6.30. The van der Waals surface area contributed by atoms with Crippen LogP contribution in [0.1, 0.15) is 26.7 Å². The zero-order valence-electron chi connectivity index (χ0n) is 12.5. The third kappa shape index (κ3) is 4.59. The Balaban J connectivity index is 2.67. The first kappa shape index (κ1) is 17.7. The quantitative estimate of drug-likeness (QED) is 0.757. The Kier molecular flexibility index (Phi) is 5.25. The summed E-state index contributed by atoms with van der Waals surface area (Å²) in [5.41, 5.74) is 5.27. The number of nitrogens with zero attached hydrogens (tertiary/aromatic N) is 1. The zero-order valence-corrected chi connectivity index (χ0v) is 12.5. The lowest BCUT2D eigenvalue weighted by Crippen LogP contribution is -2.55. The van der Waals surface area contributed by atoms with Gasteiger partial charge in [-0.3, -0.25) is 9.59 Å². The monoisotopic (exact) mass is 309 g/mol. The Hall–Kier alpha value is -1.31. The predicted octanol–water partition coefficient (Wildman–Crippen LogP) is 0.887. The minimum Gasteiger partial charge on any atom is -0.344 e. The maximum atomic E-state index is 12.5. The minimum atomic E-state index is -4.48. The van der Waals surface area contributed by atoms with E-state index in [4.69, 9.17) is 5.73 Å². The Bertz CT molecular complexity index is 410. The summed E-state index contributed by atoms with van der Waals surface area (Å²) in [4.78, 5) is 25.3. The standard InChI is InChI=1S/C13H22F3N3O2/c1-12(2,6-17)7-19(3)11(21)8-4-5-9(13(14,15)16)18-10(8)20/h8-9H,4-7,17H2,1-3H3,(H,18,20). The van der Waals surface area contributed by atoms with E-state index >= 15 is 0 Å². The van der Waals surface area contributed by atoms with E-state index in [0.29, 0.717) is 13.1 Å². The van der Waals surface area contributed by atoms with Gasteiger partial charge in [-0.1, -0.05) is 13.8 Å². The fourth-order valence-corrected chi connectivity index (χ4v) is 2.34. The Morgan fingerprint density at radius 2 is 1.95 bits per heavy atom. The van der Waals surface area contributed by atoms with Gasteiger partial charge < -0.3 is 16.0 Å². The van der Waals surface area contributed by atoms with Gasteiger partial charge in [0.05, 0.1) is 0 Å². The summed E-state index contributed by atoms with van der Waals surface area (Å²) in [6.07, 6.45) is -4.85. The average Bonchev–Trinajstić information content (AvgIpc) is 2.36. The molecule has 2 amide bonds. The molecule has 1 fully saturated rings. The van der Waals surface area contributed by atoms with E-state index in [9.17, 15) is 22.8 Å². The topological polar surface area (TPSA) is 75.4 Å². The van der Waals surface area contributed by atoms with Crippen LogP contribution in [0.25, 0.3) is 0 Å². The number of carbonyl (C=O) groups is 2. The molecule has 2 unspecified atom stereocenters. The van der Waals surface area contributed by atoms with Crippen LogP contribution in [-0.4, -0.2) is 49.1 Å². The van der Waals surface area contributed by atoms with Crippen molar-refractivity contribution in [2.45, 2.75) is 38.9 Å². The van der Waals surface area contributed by atoms with Gasteiger partial charge in [-0.05, 0) is 24.8 Å². The summed E-state index contributed by atoms with van der Waals surface area (Å²) < 4.78 is 37.6. The van der Waals surface area contributed by atoms with E-state index in [1.807, 2.05) is 19.2 Å². The van der Waals surface area contributed by atoms with Gasteiger partial charge >= 0.3 is 6.18 Å². The summed E-state index contributed by atoms with van der Waals surface area (Å²) in [6.45, 7) is 4.45. The summed E-state index contributed by atoms with van der Waals surface area (Å²) in [5.74, 6) is -2.37. The number of nitrogens with two attached hydrogens (primary N) is 1. The van der Waals surface area contributed by atoms with Crippen molar-refractivity contribution in [1.29, 1.82) is 0 Å². The van der Waals surface area contributed by atoms with Gasteiger partial charge in [0.15, 0.2) is 0 Å². The highest BCUT2D eigenvalue weighted by Gasteiger charge is 2.46. The summed E-state index contributed by atoms with van der Waals surface area (Å²) in [6, 6.07) is -1.86. The number of hydrogen-bond acceptors (Lipinski definition) is 3. The highest BCUT2D eigenvalue weighted by molar-refractivity contribution is 6.00. The van der Waals surface area contributed by atoms with Crippen LogP contribution in [0.3, 0.4) is 0 Å². The molecule has 1 heterocycles. The Morgan fingerprint density at radius 3 is 2.38 bits per heavy atom. The van der Waals surface area contributed by atoms with E-state index < -0.39 is 30.0 Å². The molecular formula is C13H22F3N3O2. The molecule has 0 spiro atoms. The van der Waals surface area contributed by atoms with E-state index in [2.05, 4.69) is 0 Å². The molecule has 1 aliphatic heterocycles. The van der Waals surface area contributed by atoms with Crippen LogP contribution < -0.4 is 11.1 Å². The molecule has 0 aromatic rings. The van der Waals surface area contributed by atoms with Gasteiger partial charge in [-0.15, -0.1) is 0 Å². The molecule has 0 radical (unpaired) electrons. The van der Waals surface area contributed by atoms with Crippen molar-refractivity contribution in [2.24, 2.45) is 17.1 Å². The minimum absolute atomic E-state index is 0.0950. The highest BCUT2D eigenvalue weighted by Crippen LogP contribution is 2.29. The number of carbonyl (C=O) groups excluding carboxylic acids is 2. The molecule has 122 valence electrons. The molecule has 1 rings (SSSR count). The third-order valence-electron chi connectivity index (χ3n) is 3.66. The number of piperidine rings is 1. The number of alkyl halides is 3. The largest absolute Gasteiger partial charge is 0.408 e. The van der Waals surface area contributed by atoms with E-state index in [0.717, 1.165) is 0 Å². The number of rotatable bonds is 4. The van der Waals surface area contributed by atoms with Gasteiger partial charge in [0, 0.05) is 13.6 Å². The molecule has 1 aliphatic rings. The zero-order chi connectivity index (χ0) is 16.4. The summed E-state index contributed by atoms with van der Waals surface area (Å²) >= 11 is 0. The number of nitrogens with one attached hydrogen (secondary N) is 1. The molecule has 21 heavy (non-hydrogen) atoms. The van der Waals surface area contributed by atoms with Crippen LogP contribution in [0.4, 0.5) is 13.2 Å². The lowest BCUT2D eigenvalue weighted by atomic mass is 9.90. The van der Waals surface area contributed by atoms with Crippen molar-refractivity contribution in [1.82, 2.24) is 10.2 Å². The van der Waals surface area contributed by atoms with Crippen LogP contribution in [0.15, 0.2) is 0 Å². The molecular weight excluding hydrogens is 287 g/mol. The maximum Gasteiger partial charge on any atom is 0.408 e. The highest BCUT2D eigenvalue weighted by atomic mass is 19.4. The van der Waals surface area contributed by atoms with Gasteiger partial charge in [-0.25, -0.2) is 0 Å². The van der Waals surface area contributed by atoms with Crippen molar-refractivity contribution >= 4 is 11.8 Å². The van der Waals surface area contributed by atoms with Crippen molar-refractivity contribution in [3.05, 3.63) is 0 Å². The summed E-state index contributed by atoms with van der Waals surface area (Å²) in [5, 5.41) is 1.88. The second-order valence-electron chi connectivity index (χ2n) is 6.30. The van der Waals surface area contributed by atoms with Crippen LogP contribution in [0.5, 0.6) is 0 Å². The second kappa shape index (κ2) is 6.21. The molecule has 8 heteroatoms. The van der Waals surface area contributed by atoms with Crippen LogP contribution >= 0.6 is 0 Å². The molecule has 0 aromatic carbocycles. The molecule has 0 bridgehead atoms. The van der Waals surface area contributed by atoms with E-state index in [1.165, 1.54) is 11.9 Å². The number of amides is 2. The lowest BCUT2D eigenvalue weighted by molar-refractivity contribution is -0.172. The third-order valence-corrected chi connectivity index (χ3v) is 3.66. The van der Waals surface area contributed by atoms with Gasteiger partial charge in [0.25, 0.3) is 0 Å². The van der Waals surface area contributed by atoms with Crippen molar-refractivity contribution in [2.75, 3.05) is 20.1 Å². The molecule has 0 aromatic heterocycles. The first-order valence-electron chi connectivity index (χ1n) is 6.80. The number of halogens is 3. The maximum absolute atomic E-state index is 12.5. The Labute approximate surface area is 122 Å². The smallest absolute Gasteiger partial charge is 0.344 e. The van der Waals surface area contributed by atoms with Crippen molar-refractivity contribution in [3.63, 3.8) is 0 Å². The molecule has 5 nitrogen and oxygen atoms in total. The fraction of sp³-hybridized carbons (Fsp3) is 0.846. The van der Waals surface area contributed by atoms with Crippen molar-refractivity contribution in [3.8, 4) is 0 Å². The van der Waals surface area contributed by atoms with Crippen LogP contribution in [0.2, 0.25) is 0 Å². The molecule has 0 saturated carbocycles. The van der Waals surface area contributed by atoms with Crippen LogP contribution in [0, 0.1) is 11.3 Å². The van der Waals surface area contributed by atoms with Gasteiger partial charge in [-0.2, -0.15) is 13.2 Å². The van der Waals surface area contributed by atoms with Crippen LogP contribution in [-0.2, 0) is 9.59 Å². The van der Waals surface area contributed by atoms with Gasteiger partial charge in [0.2, 0.25) is 11.8 Å². The summed E-state index contributed by atoms with van der Waals surface area (Å²) in [7, 11) is 1.53. The lowest BCUT2D eigenvalue weighted by Gasteiger charge is -2.34. The first-order chi connectivity index (χ1) is 9.48. The van der Waals surface area contributed by atoms with Crippen molar-refractivity contribution < 1.29 is 22.8 Å². The molecule has 0 aliphatic carbocycles. The normalized spacial score (nSPS) is 23.7. The molecule has 3 N–H and O–H groups in total. The Morgan fingerprint density at radius 1 is 1.38 bits per heavy atom. The molecule has 1 saturated heterocycles. The predicted molar refractivity (Wildman–Crippen MR) is 71.2 cm³/mol. The fourth-order valence-electron chi connectivity index (χ4n) is 2.34. The van der Waals surface area contributed by atoms with E-state index in [1.54, 1.807) is 0 Å². The van der Waals surface area contributed by atoms with Gasteiger partial charge in [0.1, 0.15) is 12.0 Å². The average molecular weight is 309 g/mol. The SMILES string of the molecule is CN(CC(C)(C)CN)C(=O)C1CCC(C(F)(F)F)NC1=O. The first-order valence-corrected chi connectivity index (χ1v) is 6.80. The van der Waals surface area contributed by atoms with E-state index in [-0.39, 0.29) is 18.3 Å².